The summed E-state index contributed by atoms with van der Waals surface area (Å²) in [6, 6.07) is 11.1. The summed E-state index contributed by atoms with van der Waals surface area (Å²) in [5.74, 6) is -6.45. The maximum Gasteiger partial charge on any atom is 0.411 e. The van der Waals surface area contributed by atoms with Crippen LogP contribution in [-0.2, 0) is 34.2 Å². The van der Waals surface area contributed by atoms with E-state index in [9.17, 15) is 36.0 Å². The summed E-state index contributed by atoms with van der Waals surface area (Å²) in [6.45, 7) is 3.23. The van der Waals surface area contributed by atoms with E-state index in [4.69, 9.17) is 0 Å². The van der Waals surface area contributed by atoms with Gasteiger partial charge >= 0.3 is 32.6 Å². The molecule has 0 fully saturated rings. The molecule has 0 radical (unpaired) electrons. The van der Waals surface area contributed by atoms with Crippen molar-refractivity contribution in [2.75, 3.05) is 0 Å². The Bertz CT molecular complexity index is 2290. The Balaban J connectivity index is 1.41. The van der Waals surface area contributed by atoms with E-state index in [1.165, 1.54) is 24.3 Å². The molecular weight excluding hydrogens is 762 g/mol. The van der Waals surface area contributed by atoms with Crippen LogP contribution in [0, 0.1) is 13.8 Å². The summed E-state index contributed by atoms with van der Waals surface area (Å²) in [5, 5.41) is -0.656. The molecule has 2 aliphatic heterocycles. The Labute approximate surface area is 295 Å². The first kappa shape index (κ1) is 37.3. The van der Waals surface area contributed by atoms with Crippen LogP contribution in [-0.4, -0.2) is 62.9 Å². The van der Waals surface area contributed by atoms with Crippen LogP contribution < -0.4 is 0 Å². The maximum atomic E-state index is 15.1. The van der Waals surface area contributed by atoms with Gasteiger partial charge in [-0.2, -0.15) is 43.2 Å². The van der Waals surface area contributed by atoms with Crippen LogP contribution in [0.3, 0.4) is 0 Å². The van der Waals surface area contributed by atoms with E-state index in [1.807, 2.05) is 0 Å². The fraction of sp³-hybridized carbons (Fsp3) is 0.152. The Morgan fingerprint density at radius 2 is 0.774 bits per heavy atom. The van der Waals surface area contributed by atoms with Crippen LogP contribution in [0.25, 0.3) is 0 Å². The number of nitrogens with zero attached hydrogens (tertiary/aromatic N) is 2. The Morgan fingerprint density at radius 1 is 0.472 bits per heavy atom. The molecule has 0 spiro atoms. The molecule has 0 saturated heterocycles. The van der Waals surface area contributed by atoms with Crippen LogP contribution in [0.5, 0.6) is 0 Å². The number of amides is 4. The number of benzene rings is 4. The van der Waals surface area contributed by atoms with E-state index in [2.05, 4.69) is 8.57 Å². The maximum absolute atomic E-state index is 15.1. The summed E-state index contributed by atoms with van der Waals surface area (Å²) in [6.07, 6.45) is -12.6. The molecule has 4 amide bonds. The molecule has 0 unspecified atom stereocenters. The lowest BCUT2D eigenvalue weighted by Gasteiger charge is -2.38. The van der Waals surface area contributed by atoms with E-state index in [1.54, 1.807) is 13.8 Å². The molecule has 2 aliphatic rings. The first-order chi connectivity index (χ1) is 24.5. The van der Waals surface area contributed by atoms with Crippen molar-refractivity contribution in [3.63, 3.8) is 0 Å². The largest absolute Gasteiger partial charge is 0.411 e. The molecule has 0 aromatic heterocycles. The standard InChI is InChI=1S/C33H20F6N2O10S2/c1-17-3-9-21(10-4-17)52(46,47)50-40-27(42)23-13-7-19(15-25(23)29(40)44)31(32(34,35)36,33(37,38)39)20-8-14-24-26(16-20)30(45)41(28(24)43)51-53(48,49)22-11-5-18(2)6-12-22/h3-16H,1-2H3. The highest BCUT2D eigenvalue weighted by Gasteiger charge is 2.73. The van der Waals surface area contributed by atoms with E-state index < -0.39 is 105 Å². The Kier molecular flexibility index (Phi) is 8.68. The number of hydroxylamine groups is 4. The third kappa shape index (κ3) is 5.96. The minimum Gasteiger partial charge on any atom is -0.266 e. The highest BCUT2D eigenvalue weighted by molar-refractivity contribution is 7.87. The average Bonchev–Trinajstić information content (AvgIpc) is 3.43. The van der Waals surface area contributed by atoms with Crippen molar-refractivity contribution in [1.82, 2.24) is 10.1 Å². The molecule has 12 nitrogen and oxygen atoms in total. The van der Waals surface area contributed by atoms with Crippen LogP contribution >= 0.6 is 0 Å². The number of imide groups is 2. The summed E-state index contributed by atoms with van der Waals surface area (Å²) in [7, 11) is -9.82. The lowest BCUT2D eigenvalue weighted by atomic mass is 9.71. The van der Waals surface area contributed by atoms with Gasteiger partial charge in [0.1, 0.15) is 0 Å². The molecule has 0 saturated carbocycles. The van der Waals surface area contributed by atoms with Crippen LogP contribution in [0.1, 0.15) is 63.7 Å². The third-order valence-electron chi connectivity index (χ3n) is 8.38. The molecule has 4 aromatic rings. The summed E-state index contributed by atoms with van der Waals surface area (Å²) < 4.78 is 151. The molecule has 2 heterocycles. The smallest absolute Gasteiger partial charge is 0.266 e. The van der Waals surface area contributed by atoms with Gasteiger partial charge in [0.15, 0.2) is 0 Å². The summed E-state index contributed by atoms with van der Waals surface area (Å²) in [5.41, 5.74) is -11.0. The second-order valence-electron chi connectivity index (χ2n) is 11.8. The lowest BCUT2D eigenvalue weighted by molar-refractivity contribution is -0.288. The van der Waals surface area contributed by atoms with Crippen molar-refractivity contribution in [2.45, 2.75) is 41.4 Å². The van der Waals surface area contributed by atoms with Gasteiger partial charge in [-0.25, -0.2) is 0 Å². The van der Waals surface area contributed by atoms with Gasteiger partial charge in [-0.05, 0) is 73.5 Å². The number of carbonyl (C=O) groups excluding carboxylic acids is 4. The highest BCUT2D eigenvalue weighted by atomic mass is 32.2. The predicted octanol–water partition coefficient (Wildman–Crippen LogP) is 5.55. The van der Waals surface area contributed by atoms with Gasteiger partial charge in [0.25, 0.3) is 23.6 Å². The second kappa shape index (κ2) is 12.3. The SMILES string of the molecule is Cc1ccc(S(=O)(=O)ON2C(=O)c3ccc(C(c4ccc5c(c4)C(=O)N(OS(=O)(=O)c4ccc(C)cc4)C5=O)(C(F)(F)F)C(F)(F)F)cc3C2=O)cc1. The van der Waals surface area contributed by atoms with Gasteiger partial charge in [0.2, 0.25) is 5.41 Å². The van der Waals surface area contributed by atoms with Crippen molar-refractivity contribution >= 4 is 43.9 Å². The molecule has 20 heteroatoms. The zero-order chi connectivity index (χ0) is 39.1. The molecule has 0 aliphatic carbocycles. The monoisotopic (exact) mass is 782 g/mol. The van der Waals surface area contributed by atoms with E-state index >= 15 is 26.3 Å². The van der Waals surface area contributed by atoms with Crippen molar-refractivity contribution in [2.24, 2.45) is 0 Å². The second-order valence-corrected chi connectivity index (χ2v) is 14.8. The zero-order valence-electron chi connectivity index (χ0n) is 26.6. The lowest BCUT2D eigenvalue weighted by Crippen LogP contribution is -2.55. The third-order valence-corrected chi connectivity index (χ3v) is 10.8. The molecule has 6 rings (SSSR count). The van der Waals surface area contributed by atoms with E-state index in [-0.39, 0.29) is 34.4 Å². The number of halogens is 6. The average molecular weight is 783 g/mol. The van der Waals surface area contributed by atoms with Gasteiger partial charge in [0, 0.05) is 0 Å². The zero-order valence-corrected chi connectivity index (χ0v) is 28.3. The van der Waals surface area contributed by atoms with Crippen molar-refractivity contribution in [3.8, 4) is 0 Å². The Morgan fingerprint density at radius 3 is 1.08 bits per heavy atom. The first-order valence-electron chi connectivity index (χ1n) is 14.7. The number of fused-ring (bicyclic) bond motifs is 2. The number of hydrogen-bond donors (Lipinski definition) is 0. The predicted molar refractivity (Wildman–Crippen MR) is 166 cm³/mol. The minimum absolute atomic E-state index is 0.0855. The fourth-order valence-electron chi connectivity index (χ4n) is 5.71. The number of aryl methyl sites for hydroxylation is 2. The number of carbonyl (C=O) groups is 4. The number of rotatable bonds is 8. The summed E-state index contributed by atoms with van der Waals surface area (Å²) in [4.78, 5) is 51.2. The Hall–Kier alpha value is -5.44. The molecule has 53 heavy (non-hydrogen) atoms. The van der Waals surface area contributed by atoms with Gasteiger partial charge in [-0.15, -0.1) is 18.7 Å². The fourth-order valence-corrected chi connectivity index (χ4v) is 7.49. The van der Waals surface area contributed by atoms with Crippen LogP contribution in [0.2, 0.25) is 0 Å². The minimum atomic E-state index is -6.32. The molecule has 4 aromatic carbocycles. The van der Waals surface area contributed by atoms with Crippen LogP contribution in [0.15, 0.2) is 94.7 Å². The van der Waals surface area contributed by atoms with Gasteiger partial charge in [0.05, 0.1) is 32.0 Å². The molecular formula is C33H20F6N2O10S2. The van der Waals surface area contributed by atoms with Gasteiger partial charge in [-0.1, -0.05) is 47.5 Å². The van der Waals surface area contributed by atoms with Gasteiger partial charge in [-0.3, -0.25) is 19.2 Å². The molecule has 276 valence electrons. The van der Waals surface area contributed by atoms with Crippen molar-refractivity contribution < 1.29 is 70.9 Å². The molecule has 0 N–H and O–H groups in total. The topological polar surface area (TPSA) is 161 Å². The van der Waals surface area contributed by atoms with E-state index in [0.717, 1.165) is 24.3 Å². The van der Waals surface area contributed by atoms with Crippen LogP contribution in [0.4, 0.5) is 26.3 Å². The normalized spacial score (nSPS) is 15.3. The van der Waals surface area contributed by atoms with Gasteiger partial charge < -0.3 is 0 Å². The molecule has 0 bridgehead atoms. The first-order valence-corrected chi connectivity index (χ1v) is 17.6. The van der Waals surface area contributed by atoms with E-state index in [0.29, 0.717) is 23.3 Å². The summed E-state index contributed by atoms with van der Waals surface area (Å²) >= 11 is 0. The number of alkyl halides is 6. The quantitative estimate of drug-likeness (QED) is 0.164. The number of hydrogen-bond acceptors (Lipinski definition) is 10. The molecule has 0 atom stereocenters. The van der Waals surface area contributed by atoms with Crippen molar-refractivity contribution in [1.29, 1.82) is 0 Å². The highest BCUT2D eigenvalue weighted by Crippen LogP contribution is 2.57. The van der Waals surface area contributed by atoms with Crippen molar-refractivity contribution in [3.05, 3.63) is 129 Å².